The second kappa shape index (κ2) is 5.79. The van der Waals surface area contributed by atoms with E-state index in [1.54, 1.807) is 0 Å². The third-order valence-electron chi connectivity index (χ3n) is 6.43. The molecule has 0 radical (unpaired) electrons. The predicted octanol–water partition coefficient (Wildman–Crippen LogP) is 2.14. The Balaban J connectivity index is 1.28. The summed E-state index contributed by atoms with van der Waals surface area (Å²) in [6.45, 7) is 2.66. The summed E-state index contributed by atoms with van der Waals surface area (Å²) in [6.07, 6.45) is 10.1. The molecule has 5 aliphatic rings. The zero-order chi connectivity index (χ0) is 14.2. The van der Waals surface area contributed by atoms with Gasteiger partial charge in [-0.1, -0.05) is 0 Å². The summed E-state index contributed by atoms with van der Waals surface area (Å²) in [5.74, 6) is 5.40. The summed E-state index contributed by atoms with van der Waals surface area (Å²) < 4.78 is 5.60. The number of hydrogen-bond donors (Lipinski definition) is 2. The Morgan fingerprint density at radius 2 is 1.81 bits per heavy atom. The van der Waals surface area contributed by atoms with Crippen LogP contribution in [0.25, 0.3) is 0 Å². The van der Waals surface area contributed by atoms with Crippen LogP contribution in [0.15, 0.2) is 4.99 Å². The van der Waals surface area contributed by atoms with E-state index >= 15 is 0 Å². The zero-order valence-electron chi connectivity index (χ0n) is 13.0. The maximum atomic E-state index is 6.04. The largest absolute Gasteiger partial charge is 0.376 e. The van der Waals surface area contributed by atoms with E-state index in [0.717, 1.165) is 55.7 Å². The van der Waals surface area contributed by atoms with Crippen molar-refractivity contribution in [1.29, 1.82) is 0 Å². The highest BCUT2D eigenvalue weighted by Crippen LogP contribution is 2.56. The molecule has 5 fully saturated rings. The van der Waals surface area contributed by atoms with Crippen LogP contribution in [-0.4, -0.2) is 31.8 Å². The molecule has 118 valence electrons. The topological polar surface area (TPSA) is 59.6 Å². The molecule has 0 aromatic carbocycles. The zero-order valence-corrected chi connectivity index (χ0v) is 13.0. The van der Waals surface area contributed by atoms with Crippen LogP contribution in [0.3, 0.4) is 0 Å². The average molecular weight is 291 g/mol. The quantitative estimate of drug-likeness (QED) is 0.616. The molecule has 5 rings (SSSR count). The van der Waals surface area contributed by atoms with Crippen LogP contribution >= 0.6 is 0 Å². The van der Waals surface area contributed by atoms with Gasteiger partial charge in [-0.15, -0.1) is 0 Å². The molecular formula is C17H29N3O. The van der Waals surface area contributed by atoms with E-state index in [-0.39, 0.29) is 0 Å². The van der Waals surface area contributed by atoms with E-state index < -0.39 is 0 Å². The predicted molar refractivity (Wildman–Crippen MR) is 84.0 cm³/mol. The fraction of sp³-hybridized carbons (Fsp3) is 0.941. The third-order valence-corrected chi connectivity index (χ3v) is 6.43. The van der Waals surface area contributed by atoms with Crippen molar-refractivity contribution in [3.8, 4) is 0 Å². The van der Waals surface area contributed by atoms with Gasteiger partial charge in [0, 0.05) is 19.7 Å². The van der Waals surface area contributed by atoms with E-state index in [1.165, 1.54) is 38.5 Å². The van der Waals surface area contributed by atoms with Crippen LogP contribution in [0.2, 0.25) is 0 Å². The van der Waals surface area contributed by atoms with E-state index in [4.69, 9.17) is 10.5 Å². The summed E-state index contributed by atoms with van der Waals surface area (Å²) >= 11 is 0. The highest BCUT2D eigenvalue weighted by atomic mass is 16.5. The second-order valence-corrected chi connectivity index (χ2v) is 7.84. The molecule has 4 saturated carbocycles. The Morgan fingerprint density at radius 3 is 2.43 bits per heavy atom. The molecule has 4 bridgehead atoms. The molecule has 0 amide bonds. The number of nitrogens with two attached hydrogens (primary N) is 1. The fourth-order valence-electron chi connectivity index (χ4n) is 5.62. The molecule has 1 aliphatic heterocycles. The monoisotopic (exact) mass is 291 g/mol. The lowest BCUT2D eigenvalue weighted by Crippen LogP contribution is -2.46. The first kappa shape index (κ1) is 13.9. The van der Waals surface area contributed by atoms with Gasteiger partial charge in [-0.3, -0.25) is 4.99 Å². The van der Waals surface area contributed by atoms with Crippen LogP contribution in [0, 0.1) is 29.6 Å². The molecular weight excluding hydrogens is 262 g/mol. The lowest BCUT2D eigenvalue weighted by molar-refractivity contribution is -0.0320. The standard InChI is InChI=1S/C17H29N3O/c18-17(19-9-15-2-1-3-21-15)20-10-16-13-5-11-4-12(7-13)8-14(16)6-11/h11-16H,1-10H2,(H3,18,19,20). The number of hydrogen-bond acceptors (Lipinski definition) is 2. The van der Waals surface area contributed by atoms with Crippen LogP contribution in [-0.2, 0) is 4.74 Å². The average Bonchev–Trinajstić information content (AvgIpc) is 2.97. The fourth-order valence-corrected chi connectivity index (χ4v) is 5.62. The van der Waals surface area contributed by atoms with E-state index in [1.807, 2.05) is 0 Å². The number of aliphatic imine (C=N–C) groups is 1. The molecule has 1 unspecified atom stereocenters. The van der Waals surface area contributed by atoms with Crippen molar-refractivity contribution >= 4 is 5.96 Å². The van der Waals surface area contributed by atoms with Crippen LogP contribution in [0.5, 0.6) is 0 Å². The molecule has 4 nitrogen and oxygen atoms in total. The number of nitrogens with one attached hydrogen (secondary N) is 1. The Bertz CT molecular complexity index is 375. The summed E-state index contributed by atoms with van der Waals surface area (Å²) in [7, 11) is 0. The van der Waals surface area contributed by atoms with Gasteiger partial charge in [0.25, 0.3) is 0 Å². The van der Waals surface area contributed by atoms with Gasteiger partial charge in [-0.25, -0.2) is 0 Å². The van der Waals surface area contributed by atoms with Gasteiger partial charge in [0.2, 0.25) is 0 Å². The molecule has 4 heteroatoms. The van der Waals surface area contributed by atoms with Crippen molar-refractivity contribution in [2.24, 2.45) is 40.3 Å². The first-order valence-electron chi connectivity index (χ1n) is 8.93. The molecule has 0 aromatic heterocycles. The molecule has 3 N–H and O–H groups in total. The van der Waals surface area contributed by atoms with Crippen molar-refractivity contribution < 1.29 is 4.74 Å². The summed E-state index contributed by atoms with van der Waals surface area (Å²) in [5, 5.41) is 3.25. The normalized spacial score (nSPS) is 45.2. The number of ether oxygens (including phenoxy) is 1. The maximum absolute atomic E-state index is 6.04. The molecule has 1 heterocycles. The second-order valence-electron chi connectivity index (χ2n) is 7.84. The Hall–Kier alpha value is -0.770. The summed E-state index contributed by atoms with van der Waals surface area (Å²) in [5.41, 5.74) is 6.04. The smallest absolute Gasteiger partial charge is 0.188 e. The van der Waals surface area contributed by atoms with Gasteiger partial charge in [-0.05, 0) is 74.5 Å². The van der Waals surface area contributed by atoms with Crippen molar-refractivity contribution in [3.05, 3.63) is 0 Å². The molecule has 21 heavy (non-hydrogen) atoms. The molecule has 4 aliphatic carbocycles. The SMILES string of the molecule is NC(=NCC1C2CC3CC(C2)CC1C3)NCC1CCCO1. The number of rotatable bonds is 4. The maximum Gasteiger partial charge on any atom is 0.188 e. The van der Waals surface area contributed by atoms with Crippen molar-refractivity contribution in [2.45, 2.75) is 51.0 Å². The molecule has 1 saturated heterocycles. The minimum Gasteiger partial charge on any atom is -0.376 e. The summed E-state index contributed by atoms with van der Waals surface area (Å²) in [6, 6.07) is 0. The van der Waals surface area contributed by atoms with Gasteiger partial charge in [0.15, 0.2) is 5.96 Å². The Kier molecular flexibility index (Phi) is 3.82. The van der Waals surface area contributed by atoms with Gasteiger partial charge in [0.1, 0.15) is 0 Å². The van der Waals surface area contributed by atoms with Crippen molar-refractivity contribution in [1.82, 2.24) is 5.32 Å². The van der Waals surface area contributed by atoms with Gasteiger partial charge < -0.3 is 15.8 Å². The van der Waals surface area contributed by atoms with Gasteiger partial charge in [-0.2, -0.15) is 0 Å². The Labute approximate surface area is 127 Å². The lowest BCUT2D eigenvalue weighted by atomic mass is 9.52. The van der Waals surface area contributed by atoms with Crippen LogP contribution in [0.1, 0.15) is 44.9 Å². The van der Waals surface area contributed by atoms with Crippen LogP contribution in [0.4, 0.5) is 0 Å². The Morgan fingerprint density at radius 1 is 1.10 bits per heavy atom. The number of nitrogens with zero attached hydrogens (tertiary/aromatic N) is 1. The summed E-state index contributed by atoms with van der Waals surface area (Å²) in [4.78, 5) is 4.66. The molecule has 1 atom stereocenters. The van der Waals surface area contributed by atoms with Gasteiger partial charge >= 0.3 is 0 Å². The minimum atomic E-state index is 0.333. The first-order chi connectivity index (χ1) is 10.3. The number of guanidine groups is 1. The van der Waals surface area contributed by atoms with Crippen molar-refractivity contribution in [2.75, 3.05) is 19.7 Å². The van der Waals surface area contributed by atoms with E-state index in [2.05, 4.69) is 10.3 Å². The van der Waals surface area contributed by atoms with Crippen molar-refractivity contribution in [3.63, 3.8) is 0 Å². The molecule has 0 spiro atoms. The highest BCUT2D eigenvalue weighted by Gasteiger charge is 2.47. The van der Waals surface area contributed by atoms with Crippen LogP contribution < -0.4 is 11.1 Å². The van der Waals surface area contributed by atoms with E-state index in [9.17, 15) is 0 Å². The minimum absolute atomic E-state index is 0.333. The van der Waals surface area contributed by atoms with E-state index in [0.29, 0.717) is 12.1 Å². The first-order valence-corrected chi connectivity index (χ1v) is 8.93. The lowest BCUT2D eigenvalue weighted by Gasteiger charge is -2.54. The molecule has 0 aromatic rings. The highest BCUT2D eigenvalue weighted by molar-refractivity contribution is 5.77. The van der Waals surface area contributed by atoms with Gasteiger partial charge in [0.05, 0.1) is 6.10 Å². The third kappa shape index (κ3) is 2.92.